The third-order valence-electron chi connectivity index (χ3n) is 2.64. The predicted octanol–water partition coefficient (Wildman–Crippen LogP) is 1.55. The van der Waals surface area contributed by atoms with Gasteiger partial charge in [-0.2, -0.15) is 0 Å². The number of rotatable bonds is 7. The minimum Gasteiger partial charge on any atom is -0.377 e. The van der Waals surface area contributed by atoms with E-state index in [2.05, 4.69) is 5.32 Å². The zero-order chi connectivity index (χ0) is 13.4. The van der Waals surface area contributed by atoms with Crippen LogP contribution in [0.3, 0.4) is 0 Å². The third kappa shape index (κ3) is 5.23. The topological polar surface area (TPSA) is 46.5 Å². The predicted molar refractivity (Wildman–Crippen MR) is 71.5 cm³/mol. The summed E-state index contributed by atoms with van der Waals surface area (Å²) in [5, 5.41) is 2.88. The minimum absolute atomic E-state index is 0.0614. The molecule has 5 nitrogen and oxygen atoms in total. The number of aromatic nitrogens is 1. The molecular formula is C13H23N3O2. The molecule has 1 heterocycles. The molecule has 0 aliphatic carbocycles. The molecule has 0 aliphatic rings. The van der Waals surface area contributed by atoms with Crippen LogP contribution in [0.15, 0.2) is 24.5 Å². The fraction of sp³-hybridized carbons (Fsp3) is 0.615. The second-order valence-corrected chi connectivity index (χ2v) is 4.30. The normalized spacial score (nSPS) is 12.2. The molecule has 5 heteroatoms. The summed E-state index contributed by atoms with van der Waals surface area (Å²) in [7, 11) is 1.78. The highest BCUT2D eigenvalue weighted by Gasteiger charge is 2.11. The van der Waals surface area contributed by atoms with E-state index < -0.39 is 0 Å². The first kappa shape index (κ1) is 14.6. The van der Waals surface area contributed by atoms with Gasteiger partial charge in [-0.15, -0.1) is 0 Å². The van der Waals surface area contributed by atoms with Crippen LogP contribution in [0.2, 0.25) is 0 Å². The molecule has 0 radical (unpaired) electrons. The second kappa shape index (κ2) is 7.76. The number of amides is 2. The van der Waals surface area contributed by atoms with Crippen LogP contribution in [0.1, 0.15) is 13.8 Å². The Hall–Kier alpha value is -1.49. The van der Waals surface area contributed by atoms with E-state index >= 15 is 0 Å². The standard InChI is InChI=1S/C13H23N3O2/c1-4-18-12(2)11-15(3)13(17)14-7-10-16-8-5-6-9-16/h5-6,8-9,12H,4,7,10-11H2,1-3H3,(H,14,17). The average Bonchev–Trinajstić information content (AvgIpc) is 2.82. The van der Waals surface area contributed by atoms with E-state index in [0.717, 1.165) is 6.54 Å². The van der Waals surface area contributed by atoms with Crippen LogP contribution in [-0.2, 0) is 11.3 Å². The van der Waals surface area contributed by atoms with Crippen LogP contribution in [0.5, 0.6) is 0 Å². The first-order valence-electron chi connectivity index (χ1n) is 6.34. The number of carbonyl (C=O) groups is 1. The Bertz CT molecular complexity index is 338. The summed E-state index contributed by atoms with van der Waals surface area (Å²) < 4.78 is 7.43. The Kier molecular flexibility index (Phi) is 6.28. The molecule has 0 saturated heterocycles. The maximum Gasteiger partial charge on any atom is 0.317 e. The molecule has 0 aliphatic heterocycles. The average molecular weight is 253 g/mol. The summed E-state index contributed by atoms with van der Waals surface area (Å²) in [4.78, 5) is 13.4. The molecule has 1 aromatic heterocycles. The SMILES string of the molecule is CCOC(C)CN(C)C(=O)NCCn1cccc1. The quantitative estimate of drug-likeness (QED) is 0.801. The lowest BCUT2D eigenvalue weighted by Crippen LogP contribution is -2.42. The first-order valence-corrected chi connectivity index (χ1v) is 6.34. The van der Waals surface area contributed by atoms with Gasteiger partial charge < -0.3 is 19.5 Å². The van der Waals surface area contributed by atoms with Gasteiger partial charge in [0.1, 0.15) is 0 Å². The molecule has 102 valence electrons. The van der Waals surface area contributed by atoms with Crippen LogP contribution in [0, 0.1) is 0 Å². The molecule has 18 heavy (non-hydrogen) atoms. The van der Waals surface area contributed by atoms with Crippen molar-refractivity contribution in [3.05, 3.63) is 24.5 Å². The summed E-state index contributed by atoms with van der Waals surface area (Å²) in [5.41, 5.74) is 0. The smallest absolute Gasteiger partial charge is 0.317 e. The molecular weight excluding hydrogens is 230 g/mol. The van der Waals surface area contributed by atoms with Crippen molar-refractivity contribution in [1.82, 2.24) is 14.8 Å². The van der Waals surface area contributed by atoms with Crippen molar-refractivity contribution >= 4 is 6.03 Å². The van der Waals surface area contributed by atoms with Gasteiger partial charge in [0.05, 0.1) is 6.10 Å². The Balaban J connectivity index is 2.19. The lowest BCUT2D eigenvalue weighted by atomic mass is 10.4. The fourth-order valence-electron chi connectivity index (χ4n) is 1.75. The number of nitrogens with one attached hydrogen (secondary N) is 1. The van der Waals surface area contributed by atoms with E-state index in [1.54, 1.807) is 11.9 Å². The van der Waals surface area contributed by atoms with Crippen molar-refractivity contribution in [2.75, 3.05) is 26.7 Å². The number of carbonyl (C=O) groups excluding carboxylic acids is 1. The largest absolute Gasteiger partial charge is 0.377 e. The molecule has 0 aromatic carbocycles. The Labute approximate surface area is 109 Å². The van der Waals surface area contributed by atoms with Gasteiger partial charge in [-0.1, -0.05) is 0 Å². The first-order chi connectivity index (χ1) is 8.63. The van der Waals surface area contributed by atoms with Crippen LogP contribution in [0.4, 0.5) is 4.79 Å². The van der Waals surface area contributed by atoms with E-state index in [9.17, 15) is 4.79 Å². The summed E-state index contributed by atoms with van der Waals surface area (Å²) in [6.07, 6.45) is 4.02. The third-order valence-corrected chi connectivity index (χ3v) is 2.64. The van der Waals surface area contributed by atoms with Crippen LogP contribution < -0.4 is 5.32 Å². The molecule has 1 atom stereocenters. The lowest BCUT2D eigenvalue weighted by molar-refractivity contribution is 0.0581. The lowest BCUT2D eigenvalue weighted by Gasteiger charge is -2.22. The van der Waals surface area contributed by atoms with Crippen LogP contribution in [0.25, 0.3) is 0 Å². The van der Waals surface area contributed by atoms with E-state index in [-0.39, 0.29) is 12.1 Å². The summed E-state index contributed by atoms with van der Waals surface area (Å²) in [6, 6.07) is 3.88. The molecule has 1 aromatic rings. The number of nitrogens with zero attached hydrogens (tertiary/aromatic N) is 2. The van der Waals surface area contributed by atoms with Gasteiger partial charge in [0.15, 0.2) is 0 Å². The van der Waals surface area contributed by atoms with E-state index in [1.165, 1.54) is 0 Å². The van der Waals surface area contributed by atoms with E-state index in [1.807, 2.05) is 42.9 Å². The van der Waals surface area contributed by atoms with Gasteiger partial charge in [-0.25, -0.2) is 4.79 Å². The van der Waals surface area contributed by atoms with Crippen molar-refractivity contribution in [2.45, 2.75) is 26.5 Å². The highest BCUT2D eigenvalue weighted by atomic mass is 16.5. The second-order valence-electron chi connectivity index (χ2n) is 4.30. The van der Waals surface area contributed by atoms with Gasteiger partial charge in [-0.05, 0) is 26.0 Å². The maximum absolute atomic E-state index is 11.8. The fourth-order valence-corrected chi connectivity index (χ4v) is 1.75. The van der Waals surface area contributed by atoms with Crippen LogP contribution in [-0.4, -0.2) is 48.3 Å². The van der Waals surface area contributed by atoms with Crippen molar-refractivity contribution < 1.29 is 9.53 Å². The monoisotopic (exact) mass is 253 g/mol. The number of likely N-dealkylation sites (N-methyl/N-ethyl adjacent to an activating group) is 1. The number of hydrogen-bond donors (Lipinski definition) is 1. The molecule has 2 amide bonds. The number of urea groups is 1. The zero-order valence-corrected chi connectivity index (χ0v) is 11.4. The Morgan fingerprint density at radius 1 is 1.44 bits per heavy atom. The summed E-state index contributed by atoms with van der Waals surface area (Å²) in [6.45, 7) is 6.60. The summed E-state index contributed by atoms with van der Waals surface area (Å²) >= 11 is 0. The van der Waals surface area contributed by atoms with Gasteiger partial charge in [-0.3, -0.25) is 0 Å². The van der Waals surface area contributed by atoms with Crippen molar-refractivity contribution in [3.8, 4) is 0 Å². The van der Waals surface area contributed by atoms with Gasteiger partial charge in [0.25, 0.3) is 0 Å². The Morgan fingerprint density at radius 2 is 2.11 bits per heavy atom. The molecule has 1 rings (SSSR count). The number of hydrogen-bond acceptors (Lipinski definition) is 2. The summed E-state index contributed by atoms with van der Waals surface area (Å²) in [5.74, 6) is 0. The van der Waals surface area contributed by atoms with Gasteiger partial charge >= 0.3 is 6.03 Å². The van der Waals surface area contributed by atoms with Crippen molar-refractivity contribution in [3.63, 3.8) is 0 Å². The minimum atomic E-state index is -0.0614. The molecule has 0 saturated carbocycles. The zero-order valence-electron chi connectivity index (χ0n) is 11.4. The molecule has 0 fully saturated rings. The van der Waals surface area contributed by atoms with E-state index in [4.69, 9.17) is 4.74 Å². The molecule has 1 unspecified atom stereocenters. The van der Waals surface area contributed by atoms with E-state index in [0.29, 0.717) is 19.7 Å². The highest BCUT2D eigenvalue weighted by molar-refractivity contribution is 5.73. The molecule has 0 bridgehead atoms. The number of ether oxygens (including phenoxy) is 1. The highest BCUT2D eigenvalue weighted by Crippen LogP contribution is 1.95. The van der Waals surface area contributed by atoms with Crippen LogP contribution >= 0.6 is 0 Å². The van der Waals surface area contributed by atoms with Crippen molar-refractivity contribution in [2.24, 2.45) is 0 Å². The molecule has 1 N–H and O–H groups in total. The van der Waals surface area contributed by atoms with Crippen molar-refractivity contribution in [1.29, 1.82) is 0 Å². The van der Waals surface area contributed by atoms with Gasteiger partial charge in [0.2, 0.25) is 0 Å². The van der Waals surface area contributed by atoms with Gasteiger partial charge in [0, 0.05) is 45.7 Å². The maximum atomic E-state index is 11.8. The molecule has 0 spiro atoms. The Morgan fingerprint density at radius 3 is 2.72 bits per heavy atom.